The van der Waals surface area contributed by atoms with Gasteiger partial charge >= 0.3 is 0 Å². The lowest BCUT2D eigenvalue weighted by Gasteiger charge is -2.12. The summed E-state index contributed by atoms with van der Waals surface area (Å²) in [7, 11) is 4.05. The molecule has 0 saturated heterocycles. The van der Waals surface area contributed by atoms with Gasteiger partial charge in [0, 0.05) is 25.5 Å². The second kappa shape index (κ2) is 8.63. The number of nitrogens with one attached hydrogen (secondary N) is 1. The van der Waals surface area contributed by atoms with E-state index in [4.69, 9.17) is 5.73 Å². The molecule has 2 aromatic rings. The van der Waals surface area contributed by atoms with Gasteiger partial charge in [-0.2, -0.15) is 0 Å². The monoisotopic (exact) mass is 410 g/mol. The van der Waals surface area contributed by atoms with Gasteiger partial charge in [-0.05, 0) is 36.8 Å². The van der Waals surface area contributed by atoms with Crippen molar-refractivity contribution < 1.29 is 0 Å². The van der Waals surface area contributed by atoms with Gasteiger partial charge in [0.05, 0.1) is 6.54 Å². The van der Waals surface area contributed by atoms with Crippen LogP contribution in [0.3, 0.4) is 0 Å². The molecule has 0 aromatic heterocycles. The topological polar surface area (TPSA) is 53.6 Å². The molecule has 0 fully saturated rings. The molecular weight excluding hydrogens is 387 g/mol. The first-order valence-electron chi connectivity index (χ1n) is 6.94. The number of nitrogens with zero attached hydrogens (tertiary/aromatic N) is 2. The highest BCUT2D eigenvalue weighted by molar-refractivity contribution is 14.0. The Morgan fingerprint density at radius 1 is 1.05 bits per heavy atom. The van der Waals surface area contributed by atoms with Crippen molar-refractivity contribution in [1.29, 1.82) is 0 Å². The van der Waals surface area contributed by atoms with Gasteiger partial charge in [0.1, 0.15) is 0 Å². The molecule has 0 saturated carbocycles. The molecule has 118 valence electrons. The molecule has 5 heteroatoms. The van der Waals surface area contributed by atoms with E-state index in [1.807, 2.05) is 38.4 Å². The van der Waals surface area contributed by atoms with E-state index in [-0.39, 0.29) is 24.0 Å². The highest BCUT2D eigenvalue weighted by Gasteiger charge is 1.97. The number of benzene rings is 2. The normalized spacial score (nSPS) is 10.8. The number of anilines is 2. The molecule has 22 heavy (non-hydrogen) atoms. The molecule has 0 bridgehead atoms. The predicted molar refractivity (Wildman–Crippen MR) is 106 cm³/mol. The molecule has 0 heterocycles. The van der Waals surface area contributed by atoms with Crippen LogP contribution in [-0.2, 0) is 6.54 Å². The van der Waals surface area contributed by atoms with Gasteiger partial charge in [-0.15, -0.1) is 24.0 Å². The molecular formula is C17H23IN4. The minimum Gasteiger partial charge on any atom is -0.378 e. The number of aryl methyl sites for hydroxylation is 1. The van der Waals surface area contributed by atoms with Crippen LogP contribution in [0.25, 0.3) is 0 Å². The SMILES string of the molecule is Cc1ccc(NC(N)=NCc2ccc(N(C)C)cc2)cc1.I. The van der Waals surface area contributed by atoms with Crippen molar-refractivity contribution in [2.45, 2.75) is 13.5 Å². The molecule has 0 atom stereocenters. The van der Waals surface area contributed by atoms with Gasteiger partial charge in [0.25, 0.3) is 0 Å². The first-order valence-corrected chi connectivity index (χ1v) is 6.94. The fourth-order valence-corrected chi connectivity index (χ4v) is 1.90. The number of nitrogens with two attached hydrogens (primary N) is 1. The average molecular weight is 410 g/mol. The number of guanidine groups is 1. The standard InChI is InChI=1S/C17H22N4.HI/c1-13-4-8-15(9-5-13)20-17(18)19-12-14-6-10-16(11-7-14)21(2)3;/h4-11H,12H2,1-3H3,(H3,18,19,20);1H. The van der Waals surface area contributed by atoms with E-state index in [1.54, 1.807) is 0 Å². The number of rotatable bonds is 4. The van der Waals surface area contributed by atoms with Gasteiger partial charge in [0.15, 0.2) is 5.96 Å². The van der Waals surface area contributed by atoms with Crippen LogP contribution in [0.2, 0.25) is 0 Å². The molecule has 0 aliphatic rings. The van der Waals surface area contributed by atoms with E-state index in [1.165, 1.54) is 11.3 Å². The summed E-state index contributed by atoms with van der Waals surface area (Å²) >= 11 is 0. The van der Waals surface area contributed by atoms with Crippen molar-refractivity contribution in [3.8, 4) is 0 Å². The van der Waals surface area contributed by atoms with Gasteiger partial charge in [0.2, 0.25) is 0 Å². The Hall–Kier alpha value is -1.76. The fraction of sp³-hybridized carbons (Fsp3) is 0.235. The highest BCUT2D eigenvalue weighted by Crippen LogP contribution is 2.13. The predicted octanol–water partition coefficient (Wildman–Crippen LogP) is 3.61. The Balaban J connectivity index is 0.00000242. The number of aliphatic imine (C=N–C) groups is 1. The van der Waals surface area contributed by atoms with Gasteiger partial charge in [-0.1, -0.05) is 29.8 Å². The summed E-state index contributed by atoms with van der Waals surface area (Å²) in [4.78, 5) is 6.43. The fourth-order valence-electron chi connectivity index (χ4n) is 1.90. The second-order valence-corrected chi connectivity index (χ2v) is 5.25. The Morgan fingerprint density at radius 2 is 1.64 bits per heavy atom. The zero-order valence-electron chi connectivity index (χ0n) is 13.2. The summed E-state index contributed by atoms with van der Waals surface area (Å²) < 4.78 is 0. The van der Waals surface area contributed by atoms with Gasteiger partial charge in [-0.3, -0.25) is 0 Å². The summed E-state index contributed by atoms with van der Waals surface area (Å²) in [6.45, 7) is 2.62. The van der Waals surface area contributed by atoms with E-state index in [0.29, 0.717) is 12.5 Å². The van der Waals surface area contributed by atoms with E-state index in [0.717, 1.165) is 11.3 Å². The lowest BCUT2D eigenvalue weighted by atomic mass is 10.2. The van der Waals surface area contributed by atoms with Crippen molar-refractivity contribution >= 4 is 41.3 Å². The van der Waals surface area contributed by atoms with Crippen molar-refractivity contribution in [2.75, 3.05) is 24.3 Å². The number of hydrogen-bond donors (Lipinski definition) is 2. The molecule has 0 unspecified atom stereocenters. The first kappa shape index (κ1) is 18.3. The molecule has 3 N–H and O–H groups in total. The largest absolute Gasteiger partial charge is 0.378 e. The maximum atomic E-state index is 5.90. The van der Waals surface area contributed by atoms with Crippen molar-refractivity contribution in [2.24, 2.45) is 10.7 Å². The summed E-state index contributed by atoms with van der Waals surface area (Å²) in [5.41, 5.74) is 10.4. The summed E-state index contributed by atoms with van der Waals surface area (Å²) in [6.07, 6.45) is 0. The van der Waals surface area contributed by atoms with Crippen LogP contribution in [0, 0.1) is 6.92 Å². The maximum absolute atomic E-state index is 5.90. The van der Waals surface area contributed by atoms with Crippen LogP contribution in [-0.4, -0.2) is 20.1 Å². The smallest absolute Gasteiger partial charge is 0.193 e. The summed E-state index contributed by atoms with van der Waals surface area (Å²) in [6, 6.07) is 16.3. The minimum absolute atomic E-state index is 0. The quantitative estimate of drug-likeness (QED) is 0.460. The van der Waals surface area contributed by atoms with Crippen molar-refractivity contribution in [3.63, 3.8) is 0 Å². The van der Waals surface area contributed by atoms with Crippen LogP contribution in [0.4, 0.5) is 11.4 Å². The van der Waals surface area contributed by atoms with Crippen LogP contribution < -0.4 is 16.0 Å². The van der Waals surface area contributed by atoms with Crippen molar-refractivity contribution in [3.05, 3.63) is 59.7 Å². The van der Waals surface area contributed by atoms with E-state index >= 15 is 0 Å². The maximum Gasteiger partial charge on any atom is 0.193 e. The first-order chi connectivity index (χ1) is 10.0. The zero-order chi connectivity index (χ0) is 15.2. The average Bonchev–Trinajstić information content (AvgIpc) is 2.48. The Morgan fingerprint density at radius 3 is 2.18 bits per heavy atom. The molecule has 0 radical (unpaired) electrons. The van der Waals surface area contributed by atoms with Crippen molar-refractivity contribution in [1.82, 2.24) is 0 Å². The van der Waals surface area contributed by atoms with Crippen LogP contribution in [0.5, 0.6) is 0 Å². The minimum atomic E-state index is 0. The van der Waals surface area contributed by atoms with E-state index in [2.05, 4.69) is 46.4 Å². The second-order valence-electron chi connectivity index (χ2n) is 5.25. The third-order valence-electron chi connectivity index (χ3n) is 3.21. The Kier molecular flexibility index (Phi) is 7.17. The van der Waals surface area contributed by atoms with Gasteiger partial charge in [-0.25, -0.2) is 4.99 Å². The van der Waals surface area contributed by atoms with Crippen LogP contribution in [0.15, 0.2) is 53.5 Å². The van der Waals surface area contributed by atoms with Crippen LogP contribution in [0.1, 0.15) is 11.1 Å². The van der Waals surface area contributed by atoms with E-state index < -0.39 is 0 Å². The highest BCUT2D eigenvalue weighted by atomic mass is 127. The third-order valence-corrected chi connectivity index (χ3v) is 3.21. The summed E-state index contributed by atoms with van der Waals surface area (Å²) in [5, 5.41) is 3.09. The zero-order valence-corrected chi connectivity index (χ0v) is 15.5. The molecule has 0 aliphatic carbocycles. The number of hydrogen-bond acceptors (Lipinski definition) is 2. The molecule has 0 amide bonds. The van der Waals surface area contributed by atoms with Crippen LogP contribution >= 0.6 is 24.0 Å². The third kappa shape index (κ3) is 5.55. The summed E-state index contributed by atoms with van der Waals surface area (Å²) in [5.74, 6) is 0.426. The molecule has 0 spiro atoms. The number of halogens is 1. The Bertz CT molecular complexity index is 604. The molecule has 4 nitrogen and oxygen atoms in total. The lowest BCUT2D eigenvalue weighted by Crippen LogP contribution is -2.22. The van der Waals surface area contributed by atoms with Gasteiger partial charge < -0.3 is 16.0 Å². The lowest BCUT2D eigenvalue weighted by molar-refractivity contribution is 1.05. The molecule has 2 aromatic carbocycles. The molecule has 0 aliphatic heterocycles. The Labute approximate surface area is 149 Å². The van der Waals surface area contributed by atoms with E-state index in [9.17, 15) is 0 Å². The molecule has 2 rings (SSSR count).